The number of nitrogens with one attached hydrogen (secondary N) is 2. The summed E-state index contributed by atoms with van der Waals surface area (Å²) in [6.45, 7) is 3.25. The first kappa shape index (κ1) is 19.5. The molecule has 3 rings (SSSR count). The molecule has 0 radical (unpaired) electrons. The normalized spacial score (nSPS) is 18.9. The van der Waals surface area contributed by atoms with Crippen molar-refractivity contribution in [1.82, 2.24) is 10.2 Å². The number of urea groups is 1. The number of nitrogens with zero attached hydrogens (tertiary/aromatic N) is 1. The molecule has 28 heavy (non-hydrogen) atoms. The Kier molecular flexibility index (Phi) is 5.44. The average Bonchev–Trinajstić information content (AvgIpc) is 2.86. The molecular formula is C21H22FN3O3. The highest BCUT2D eigenvalue weighted by molar-refractivity contribution is 6.10. The number of benzene rings is 2. The van der Waals surface area contributed by atoms with Gasteiger partial charge in [0.2, 0.25) is 5.91 Å². The van der Waals surface area contributed by atoms with Gasteiger partial charge < -0.3 is 10.6 Å². The zero-order chi connectivity index (χ0) is 20.3. The molecule has 0 spiro atoms. The third kappa shape index (κ3) is 3.88. The van der Waals surface area contributed by atoms with Crippen LogP contribution in [-0.2, 0) is 21.5 Å². The fraction of sp³-hybridized carbons (Fsp3) is 0.286. The van der Waals surface area contributed by atoms with E-state index in [4.69, 9.17) is 0 Å². The lowest BCUT2D eigenvalue weighted by Gasteiger charge is -2.22. The van der Waals surface area contributed by atoms with Crippen molar-refractivity contribution in [3.63, 3.8) is 0 Å². The number of carbonyl (C=O) groups excluding carboxylic acids is 3. The van der Waals surface area contributed by atoms with Crippen LogP contribution in [0.2, 0.25) is 0 Å². The standard InChI is InChI=1S/C21H22FN3O3/c1-3-5-14-8-10-15(11-9-14)21(2)19(27)25(20(28)24-21)13-18(26)23-17-7-4-6-16(22)12-17/h4,6-12H,3,5,13H2,1-2H3,(H,23,26)(H,24,28). The molecule has 2 aromatic carbocycles. The molecule has 1 aliphatic heterocycles. The van der Waals surface area contributed by atoms with Gasteiger partial charge in [0.1, 0.15) is 17.9 Å². The number of hydrogen-bond acceptors (Lipinski definition) is 3. The van der Waals surface area contributed by atoms with Crippen LogP contribution in [0.1, 0.15) is 31.4 Å². The summed E-state index contributed by atoms with van der Waals surface area (Å²) in [5, 5.41) is 5.16. The molecule has 0 bridgehead atoms. The lowest BCUT2D eigenvalue weighted by atomic mass is 9.91. The Morgan fingerprint density at radius 3 is 2.54 bits per heavy atom. The third-order valence-corrected chi connectivity index (χ3v) is 4.76. The zero-order valence-electron chi connectivity index (χ0n) is 15.8. The fourth-order valence-electron chi connectivity index (χ4n) is 3.24. The summed E-state index contributed by atoms with van der Waals surface area (Å²) in [7, 11) is 0. The molecule has 1 aliphatic rings. The van der Waals surface area contributed by atoms with Crippen molar-refractivity contribution in [1.29, 1.82) is 0 Å². The van der Waals surface area contributed by atoms with E-state index in [9.17, 15) is 18.8 Å². The summed E-state index contributed by atoms with van der Waals surface area (Å²) >= 11 is 0. The van der Waals surface area contributed by atoms with E-state index in [1.165, 1.54) is 18.2 Å². The first-order chi connectivity index (χ1) is 13.3. The first-order valence-corrected chi connectivity index (χ1v) is 9.12. The van der Waals surface area contributed by atoms with E-state index >= 15 is 0 Å². The summed E-state index contributed by atoms with van der Waals surface area (Å²) in [5.41, 5.74) is 0.823. The minimum atomic E-state index is -1.24. The van der Waals surface area contributed by atoms with Crippen molar-refractivity contribution in [2.24, 2.45) is 0 Å². The van der Waals surface area contributed by atoms with Crippen LogP contribution in [-0.4, -0.2) is 29.3 Å². The highest BCUT2D eigenvalue weighted by Gasteiger charge is 2.49. The molecule has 1 unspecified atom stereocenters. The van der Waals surface area contributed by atoms with Gasteiger partial charge in [0.25, 0.3) is 5.91 Å². The second-order valence-electron chi connectivity index (χ2n) is 6.95. The van der Waals surface area contributed by atoms with Gasteiger partial charge >= 0.3 is 6.03 Å². The van der Waals surface area contributed by atoms with E-state index in [1.807, 2.05) is 24.3 Å². The number of halogens is 1. The van der Waals surface area contributed by atoms with E-state index < -0.39 is 35.7 Å². The lowest BCUT2D eigenvalue weighted by Crippen LogP contribution is -2.42. The number of carbonyl (C=O) groups is 3. The van der Waals surface area contributed by atoms with Crippen LogP contribution < -0.4 is 10.6 Å². The van der Waals surface area contributed by atoms with Crippen molar-refractivity contribution in [3.05, 3.63) is 65.5 Å². The predicted molar refractivity (Wildman–Crippen MR) is 103 cm³/mol. The molecular weight excluding hydrogens is 361 g/mol. The van der Waals surface area contributed by atoms with Crippen LogP contribution >= 0.6 is 0 Å². The van der Waals surface area contributed by atoms with Crippen LogP contribution in [0.25, 0.3) is 0 Å². The summed E-state index contributed by atoms with van der Waals surface area (Å²) < 4.78 is 13.2. The van der Waals surface area contributed by atoms with Gasteiger partial charge in [0.05, 0.1) is 0 Å². The van der Waals surface area contributed by atoms with Gasteiger partial charge in [-0.3, -0.25) is 14.5 Å². The number of imide groups is 1. The summed E-state index contributed by atoms with van der Waals surface area (Å²) in [6, 6.07) is 12.3. The SMILES string of the molecule is CCCc1ccc(C2(C)NC(=O)N(CC(=O)Nc3cccc(F)c3)C2=O)cc1. The molecule has 7 heteroatoms. The smallest absolute Gasteiger partial charge is 0.324 e. The molecule has 0 aromatic heterocycles. The fourth-order valence-corrected chi connectivity index (χ4v) is 3.24. The monoisotopic (exact) mass is 383 g/mol. The highest BCUT2D eigenvalue weighted by atomic mass is 19.1. The number of amides is 4. The van der Waals surface area contributed by atoms with E-state index in [0.29, 0.717) is 5.56 Å². The van der Waals surface area contributed by atoms with Crippen molar-refractivity contribution >= 4 is 23.5 Å². The minimum absolute atomic E-state index is 0.256. The van der Waals surface area contributed by atoms with E-state index in [0.717, 1.165) is 29.4 Å². The average molecular weight is 383 g/mol. The maximum atomic E-state index is 13.2. The second kappa shape index (κ2) is 7.80. The van der Waals surface area contributed by atoms with Gasteiger partial charge in [0, 0.05) is 5.69 Å². The first-order valence-electron chi connectivity index (χ1n) is 9.12. The topological polar surface area (TPSA) is 78.5 Å². The molecule has 2 aromatic rings. The summed E-state index contributed by atoms with van der Waals surface area (Å²) in [6.07, 6.45) is 1.95. The Morgan fingerprint density at radius 2 is 1.89 bits per heavy atom. The minimum Gasteiger partial charge on any atom is -0.324 e. The Bertz CT molecular complexity index is 913. The quantitative estimate of drug-likeness (QED) is 0.752. The maximum absolute atomic E-state index is 13.2. The van der Waals surface area contributed by atoms with Crippen LogP contribution in [0, 0.1) is 5.82 Å². The highest BCUT2D eigenvalue weighted by Crippen LogP contribution is 2.29. The molecule has 4 amide bonds. The Balaban J connectivity index is 1.72. The molecule has 1 saturated heterocycles. The maximum Gasteiger partial charge on any atom is 0.325 e. The zero-order valence-corrected chi connectivity index (χ0v) is 15.8. The predicted octanol–water partition coefficient (Wildman–Crippen LogP) is 3.18. The van der Waals surface area contributed by atoms with Gasteiger partial charge in [0.15, 0.2) is 0 Å². The summed E-state index contributed by atoms with van der Waals surface area (Å²) in [5.74, 6) is -1.58. The van der Waals surface area contributed by atoms with Gasteiger partial charge in [-0.25, -0.2) is 9.18 Å². The van der Waals surface area contributed by atoms with Crippen molar-refractivity contribution in [3.8, 4) is 0 Å². The molecule has 0 saturated carbocycles. The van der Waals surface area contributed by atoms with E-state index in [1.54, 1.807) is 6.92 Å². The van der Waals surface area contributed by atoms with Crippen molar-refractivity contribution in [2.75, 3.05) is 11.9 Å². The number of rotatable bonds is 6. The Labute approximate surface area is 162 Å². The van der Waals surface area contributed by atoms with E-state index in [2.05, 4.69) is 17.6 Å². The Hall–Kier alpha value is -3.22. The van der Waals surface area contributed by atoms with Crippen LogP contribution in [0.4, 0.5) is 14.9 Å². The van der Waals surface area contributed by atoms with Gasteiger partial charge in [-0.1, -0.05) is 43.7 Å². The molecule has 146 valence electrons. The van der Waals surface area contributed by atoms with Crippen LogP contribution in [0.5, 0.6) is 0 Å². The molecule has 1 heterocycles. The molecule has 1 fully saturated rings. The number of hydrogen-bond donors (Lipinski definition) is 2. The van der Waals surface area contributed by atoms with Crippen molar-refractivity contribution < 1.29 is 18.8 Å². The van der Waals surface area contributed by atoms with Crippen molar-refractivity contribution in [2.45, 2.75) is 32.2 Å². The third-order valence-electron chi connectivity index (χ3n) is 4.76. The second-order valence-corrected chi connectivity index (χ2v) is 6.95. The largest absolute Gasteiger partial charge is 0.325 e. The molecule has 6 nitrogen and oxygen atoms in total. The van der Waals surface area contributed by atoms with Gasteiger partial charge in [-0.05, 0) is 42.7 Å². The lowest BCUT2D eigenvalue weighted by molar-refractivity contribution is -0.133. The molecule has 0 aliphatic carbocycles. The summed E-state index contributed by atoms with van der Waals surface area (Å²) in [4.78, 5) is 38.3. The van der Waals surface area contributed by atoms with Crippen LogP contribution in [0.15, 0.2) is 48.5 Å². The van der Waals surface area contributed by atoms with Gasteiger partial charge in [-0.2, -0.15) is 0 Å². The number of anilines is 1. The molecule has 1 atom stereocenters. The van der Waals surface area contributed by atoms with Crippen LogP contribution in [0.3, 0.4) is 0 Å². The van der Waals surface area contributed by atoms with Gasteiger partial charge in [-0.15, -0.1) is 0 Å². The molecule has 2 N–H and O–H groups in total. The number of aryl methyl sites for hydroxylation is 1. The Morgan fingerprint density at radius 1 is 1.18 bits per heavy atom. The van der Waals surface area contributed by atoms with E-state index in [-0.39, 0.29) is 5.69 Å².